The van der Waals surface area contributed by atoms with Crippen molar-refractivity contribution in [3.63, 3.8) is 0 Å². The molecule has 2 fully saturated rings. The number of nitrogens with one attached hydrogen (secondary N) is 4. The zero-order valence-electron chi connectivity index (χ0n) is 22.3. The summed E-state index contributed by atoms with van der Waals surface area (Å²) >= 11 is 3.92. The number of carbonyl (C=O) groups excluding carboxylic acids is 5. The molecule has 2 aliphatic heterocycles. The number of benzene rings is 1. The van der Waals surface area contributed by atoms with Crippen LogP contribution in [0.5, 0.6) is 5.75 Å². The van der Waals surface area contributed by atoms with Crippen molar-refractivity contribution in [2.45, 2.75) is 70.0 Å². The van der Waals surface area contributed by atoms with Crippen LogP contribution in [0.3, 0.4) is 0 Å². The second-order valence-corrected chi connectivity index (χ2v) is 10.4. The van der Waals surface area contributed by atoms with E-state index in [2.05, 4.69) is 33.9 Å². The molecule has 39 heavy (non-hydrogen) atoms. The van der Waals surface area contributed by atoms with E-state index in [0.717, 1.165) is 19.3 Å². The van der Waals surface area contributed by atoms with Gasteiger partial charge in [0.25, 0.3) is 0 Å². The van der Waals surface area contributed by atoms with Gasteiger partial charge in [-0.25, -0.2) is 0 Å². The molecule has 11 nitrogen and oxygen atoms in total. The van der Waals surface area contributed by atoms with Gasteiger partial charge >= 0.3 is 0 Å². The molecule has 1 aromatic rings. The van der Waals surface area contributed by atoms with Crippen molar-refractivity contribution in [3.8, 4) is 5.75 Å². The quantitative estimate of drug-likeness (QED) is 0.146. The fourth-order valence-electron chi connectivity index (χ4n) is 5.21. The van der Waals surface area contributed by atoms with E-state index >= 15 is 0 Å². The summed E-state index contributed by atoms with van der Waals surface area (Å²) in [5.41, 5.74) is 0.683. The molecule has 0 bridgehead atoms. The Hall–Kier alpha value is -3.28. The predicted octanol–water partition coefficient (Wildman–Crippen LogP) is 0.788. The average molecular weight is 562 g/mol. The van der Waals surface area contributed by atoms with Crippen LogP contribution >= 0.6 is 12.6 Å². The number of fused-ring (bicyclic) bond motifs is 1. The van der Waals surface area contributed by atoms with Crippen molar-refractivity contribution >= 4 is 42.2 Å². The van der Waals surface area contributed by atoms with Crippen molar-refractivity contribution in [1.29, 1.82) is 0 Å². The van der Waals surface area contributed by atoms with Gasteiger partial charge in [0.1, 0.15) is 17.8 Å². The Morgan fingerprint density at radius 2 is 1.62 bits per heavy atom. The van der Waals surface area contributed by atoms with E-state index in [1.54, 1.807) is 17.0 Å². The topological polar surface area (TPSA) is 157 Å². The van der Waals surface area contributed by atoms with E-state index < -0.39 is 24.0 Å². The monoisotopic (exact) mass is 561 g/mol. The molecule has 0 unspecified atom stereocenters. The number of hydrogen-bond acceptors (Lipinski definition) is 7. The Morgan fingerprint density at radius 1 is 0.974 bits per heavy atom. The van der Waals surface area contributed by atoms with Crippen LogP contribution in [0.15, 0.2) is 24.3 Å². The molecule has 4 atom stereocenters. The largest absolute Gasteiger partial charge is 0.508 e. The van der Waals surface area contributed by atoms with Crippen LogP contribution in [0.25, 0.3) is 0 Å². The zero-order chi connectivity index (χ0) is 28.4. The second kappa shape index (κ2) is 14.8. The van der Waals surface area contributed by atoms with E-state index in [9.17, 15) is 29.1 Å². The number of thiol groups is 1. The lowest BCUT2D eigenvalue weighted by Crippen LogP contribution is -2.61. The summed E-state index contributed by atoms with van der Waals surface area (Å²) in [6.45, 7) is 2.95. The van der Waals surface area contributed by atoms with Crippen molar-refractivity contribution in [3.05, 3.63) is 29.8 Å². The van der Waals surface area contributed by atoms with Crippen LogP contribution in [0.2, 0.25) is 0 Å². The van der Waals surface area contributed by atoms with E-state index in [1.165, 1.54) is 19.1 Å². The van der Waals surface area contributed by atoms with Gasteiger partial charge in [-0.15, -0.1) is 0 Å². The molecule has 12 heteroatoms. The minimum Gasteiger partial charge on any atom is -0.508 e. The molecule has 2 aliphatic rings. The molecule has 214 valence electrons. The van der Waals surface area contributed by atoms with Crippen LogP contribution in [0, 0.1) is 5.92 Å². The Labute approximate surface area is 234 Å². The lowest BCUT2D eigenvalue weighted by molar-refractivity contribution is -0.149. The third-order valence-electron chi connectivity index (χ3n) is 7.15. The maximum Gasteiger partial charge on any atom is 0.246 e. The zero-order valence-corrected chi connectivity index (χ0v) is 23.2. The minimum absolute atomic E-state index is 0.0691. The van der Waals surface area contributed by atoms with Gasteiger partial charge in [-0.2, -0.15) is 12.6 Å². The summed E-state index contributed by atoms with van der Waals surface area (Å²) in [5.74, 6) is -1.36. The summed E-state index contributed by atoms with van der Waals surface area (Å²) in [7, 11) is 0. The molecule has 0 aromatic heterocycles. The normalized spacial score (nSPS) is 22.2. The van der Waals surface area contributed by atoms with Gasteiger partial charge in [0.15, 0.2) is 0 Å². The van der Waals surface area contributed by atoms with Crippen LogP contribution < -0.4 is 21.3 Å². The molecule has 3 rings (SSSR count). The standard InChI is InChI=1S/C27H39N5O6S/c1-17(33)28-12-6-3-7-21-27(38)32-22(26(37)31-21)15-20(24(32)18-8-10-19(34)11-9-18)25(36)30-14-5-2-4-13-29-23(35)16-39/h8-11,20-22,24,34,39H,2-7,12-16H2,1H3,(H,28,33)(H,29,35)(H,30,36)(H,31,37)/t20-,21-,22-,24-/m0/s1. The predicted molar refractivity (Wildman–Crippen MR) is 148 cm³/mol. The Bertz CT molecular complexity index is 1040. The molecule has 1 aromatic carbocycles. The third-order valence-corrected chi connectivity index (χ3v) is 7.44. The lowest BCUT2D eigenvalue weighted by Gasteiger charge is -2.38. The molecule has 0 aliphatic carbocycles. The van der Waals surface area contributed by atoms with Gasteiger partial charge in [0.2, 0.25) is 29.5 Å². The third kappa shape index (κ3) is 8.35. The van der Waals surface area contributed by atoms with Crippen molar-refractivity contribution in [2.75, 3.05) is 25.4 Å². The summed E-state index contributed by atoms with van der Waals surface area (Å²) in [5, 5.41) is 21.1. The number of rotatable bonds is 14. The Morgan fingerprint density at radius 3 is 2.28 bits per heavy atom. The maximum atomic E-state index is 13.6. The van der Waals surface area contributed by atoms with Crippen molar-refractivity contribution in [1.82, 2.24) is 26.2 Å². The molecule has 0 radical (unpaired) electrons. The number of hydrogen-bond donors (Lipinski definition) is 6. The molecule has 0 saturated carbocycles. The van der Waals surface area contributed by atoms with Gasteiger partial charge in [0.05, 0.1) is 17.7 Å². The molecular formula is C27H39N5O6S. The highest BCUT2D eigenvalue weighted by Gasteiger charge is 2.54. The number of phenolic OH excluding ortho intramolecular Hbond substituents is 1. The van der Waals surface area contributed by atoms with E-state index in [0.29, 0.717) is 44.5 Å². The first-order valence-corrected chi connectivity index (χ1v) is 14.2. The Balaban J connectivity index is 1.64. The number of unbranched alkanes of at least 4 members (excludes halogenated alkanes) is 3. The highest BCUT2D eigenvalue weighted by molar-refractivity contribution is 7.81. The summed E-state index contributed by atoms with van der Waals surface area (Å²) in [6, 6.07) is 4.31. The van der Waals surface area contributed by atoms with Gasteiger partial charge in [-0.05, 0) is 62.6 Å². The summed E-state index contributed by atoms with van der Waals surface area (Å²) in [4.78, 5) is 63.9. The number of aromatic hydroxyl groups is 1. The average Bonchev–Trinajstić information content (AvgIpc) is 3.32. The van der Waals surface area contributed by atoms with Crippen LogP contribution in [0.4, 0.5) is 0 Å². The van der Waals surface area contributed by atoms with Gasteiger partial charge in [-0.1, -0.05) is 12.1 Å². The molecule has 0 spiro atoms. The lowest BCUT2D eigenvalue weighted by atomic mass is 9.92. The van der Waals surface area contributed by atoms with Crippen LogP contribution in [-0.2, 0) is 24.0 Å². The number of carbonyl (C=O) groups is 5. The molecule has 5 N–H and O–H groups in total. The number of phenols is 1. The second-order valence-electron chi connectivity index (χ2n) is 10.0. The van der Waals surface area contributed by atoms with Crippen LogP contribution in [-0.4, -0.2) is 77.0 Å². The van der Waals surface area contributed by atoms with Crippen molar-refractivity contribution < 1.29 is 29.1 Å². The molecular weight excluding hydrogens is 522 g/mol. The maximum absolute atomic E-state index is 13.6. The summed E-state index contributed by atoms with van der Waals surface area (Å²) in [6.07, 6.45) is 4.29. The SMILES string of the molecule is CC(=O)NCCCC[C@@H]1NC(=O)[C@@H]2C[C@H](C(=O)NCCCCCNC(=O)CS)[C@H](c3ccc(O)cc3)N2C1=O. The summed E-state index contributed by atoms with van der Waals surface area (Å²) < 4.78 is 0. The highest BCUT2D eigenvalue weighted by Crippen LogP contribution is 2.43. The number of amides is 5. The van der Waals surface area contributed by atoms with Crippen molar-refractivity contribution in [2.24, 2.45) is 5.92 Å². The van der Waals surface area contributed by atoms with E-state index in [1.807, 2.05) is 0 Å². The van der Waals surface area contributed by atoms with Gasteiger partial charge in [0, 0.05) is 26.6 Å². The Kier molecular flexibility index (Phi) is 11.5. The van der Waals surface area contributed by atoms with Crippen LogP contribution in [0.1, 0.15) is 63.5 Å². The molecule has 5 amide bonds. The molecule has 2 saturated heterocycles. The number of nitrogens with zero attached hydrogens (tertiary/aromatic N) is 1. The van der Waals surface area contributed by atoms with E-state index in [-0.39, 0.29) is 47.5 Å². The first-order valence-electron chi connectivity index (χ1n) is 13.5. The molecule has 2 heterocycles. The fourth-order valence-corrected chi connectivity index (χ4v) is 5.32. The smallest absolute Gasteiger partial charge is 0.246 e. The first-order chi connectivity index (χ1) is 18.7. The first kappa shape index (κ1) is 30.3. The minimum atomic E-state index is -0.752. The highest BCUT2D eigenvalue weighted by atomic mass is 32.1. The van der Waals surface area contributed by atoms with Gasteiger partial charge < -0.3 is 31.3 Å². The fraction of sp³-hybridized carbons (Fsp3) is 0.593. The number of piperazine rings is 1. The van der Waals surface area contributed by atoms with E-state index in [4.69, 9.17) is 0 Å². The van der Waals surface area contributed by atoms with Gasteiger partial charge in [-0.3, -0.25) is 24.0 Å².